The van der Waals surface area contributed by atoms with Gasteiger partial charge < -0.3 is 14.5 Å². The second kappa shape index (κ2) is 8.56. The predicted octanol–water partition coefficient (Wildman–Crippen LogP) is 2.88. The highest BCUT2D eigenvalue weighted by atomic mass is 35.5. The lowest BCUT2D eigenvalue weighted by molar-refractivity contribution is -0.143. The number of carbonyl (C=O) groups excluding carboxylic acids is 2. The highest BCUT2D eigenvalue weighted by Crippen LogP contribution is 2.27. The third-order valence-electron chi connectivity index (χ3n) is 4.44. The molecule has 25 heavy (non-hydrogen) atoms. The second-order valence-corrected chi connectivity index (χ2v) is 7.37. The summed E-state index contributed by atoms with van der Waals surface area (Å²) in [4.78, 5) is 28.0. The third-order valence-corrected chi connectivity index (χ3v) is 4.62. The van der Waals surface area contributed by atoms with Gasteiger partial charge in [0.1, 0.15) is 11.1 Å². The fourth-order valence-corrected chi connectivity index (χ4v) is 3.10. The molecule has 1 aromatic carbocycles. The van der Waals surface area contributed by atoms with Gasteiger partial charge in [0, 0.05) is 26.2 Å². The Bertz CT molecular complexity index is 610. The van der Waals surface area contributed by atoms with Crippen molar-refractivity contribution in [1.82, 2.24) is 9.80 Å². The van der Waals surface area contributed by atoms with Gasteiger partial charge in [0.25, 0.3) is 5.91 Å². The van der Waals surface area contributed by atoms with Crippen LogP contribution in [-0.4, -0.2) is 59.3 Å². The van der Waals surface area contributed by atoms with Gasteiger partial charge in [-0.1, -0.05) is 32.0 Å². The topological polar surface area (TPSA) is 49.9 Å². The van der Waals surface area contributed by atoms with Crippen molar-refractivity contribution in [2.75, 3.05) is 26.2 Å². The van der Waals surface area contributed by atoms with Gasteiger partial charge in [-0.05, 0) is 31.4 Å². The highest BCUT2D eigenvalue weighted by molar-refractivity contribution is 6.30. The van der Waals surface area contributed by atoms with Crippen LogP contribution in [0.15, 0.2) is 24.3 Å². The fraction of sp³-hybridized carbons (Fsp3) is 0.579. The molecule has 2 amide bonds. The van der Waals surface area contributed by atoms with Gasteiger partial charge in [-0.15, -0.1) is 11.6 Å². The van der Waals surface area contributed by atoms with Gasteiger partial charge in [-0.3, -0.25) is 9.59 Å². The summed E-state index contributed by atoms with van der Waals surface area (Å²) in [6.45, 7) is 9.68. The summed E-state index contributed by atoms with van der Waals surface area (Å²) in [5, 5.41) is -0.531. The van der Waals surface area contributed by atoms with Crippen molar-refractivity contribution >= 4 is 23.4 Å². The molecule has 2 atom stereocenters. The standard InChI is InChI=1S/C19H27ClN2O3/c1-13(2)16-7-5-6-8-17(16)25-15(4)19(24)22-11-9-21(10-12-22)18(23)14(3)20/h5-8,13-15H,9-12H2,1-4H3. The minimum Gasteiger partial charge on any atom is -0.481 e. The van der Waals surface area contributed by atoms with Crippen LogP contribution < -0.4 is 4.74 Å². The van der Waals surface area contributed by atoms with E-state index >= 15 is 0 Å². The van der Waals surface area contributed by atoms with E-state index in [0.29, 0.717) is 32.1 Å². The van der Waals surface area contributed by atoms with Gasteiger partial charge in [-0.25, -0.2) is 0 Å². The molecular formula is C19H27ClN2O3. The van der Waals surface area contributed by atoms with Crippen LogP contribution in [0.5, 0.6) is 5.75 Å². The van der Waals surface area contributed by atoms with Crippen LogP contribution in [0.2, 0.25) is 0 Å². The molecule has 5 nitrogen and oxygen atoms in total. The molecule has 0 bridgehead atoms. The van der Waals surface area contributed by atoms with Crippen LogP contribution in [0.4, 0.5) is 0 Å². The van der Waals surface area contributed by atoms with Crippen molar-refractivity contribution in [3.63, 3.8) is 0 Å². The maximum absolute atomic E-state index is 12.7. The van der Waals surface area contributed by atoms with Crippen molar-refractivity contribution in [2.24, 2.45) is 0 Å². The Kier molecular flexibility index (Phi) is 6.71. The Morgan fingerprint density at radius 3 is 2.00 bits per heavy atom. The van der Waals surface area contributed by atoms with E-state index in [1.54, 1.807) is 23.6 Å². The molecule has 1 aliphatic rings. The number of benzene rings is 1. The molecule has 1 fully saturated rings. The Morgan fingerprint density at radius 2 is 1.48 bits per heavy atom. The van der Waals surface area contributed by atoms with Crippen molar-refractivity contribution < 1.29 is 14.3 Å². The molecule has 0 radical (unpaired) electrons. The smallest absolute Gasteiger partial charge is 0.263 e. The van der Waals surface area contributed by atoms with Gasteiger partial charge >= 0.3 is 0 Å². The molecule has 0 N–H and O–H groups in total. The molecule has 2 rings (SSSR count). The summed E-state index contributed by atoms with van der Waals surface area (Å²) < 4.78 is 5.94. The lowest BCUT2D eigenvalue weighted by Crippen LogP contribution is -2.54. The molecule has 2 unspecified atom stereocenters. The first-order valence-electron chi connectivity index (χ1n) is 8.78. The Balaban J connectivity index is 1.95. The highest BCUT2D eigenvalue weighted by Gasteiger charge is 2.29. The molecule has 0 saturated carbocycles. The summed E-state index contributed by atoms with van der Waals surface area (Å²) >= 11 is 5.85. The van der Waals surface area contributed by atoms with Crippen LogP contribution >= 0.6 is 11.6 Å². The molecule has 0 spiro atoms. The normalized spacial score (nSPS) is 17.4. The summed E-state index contributed by atoms with van der Waals surface area (Å²) in [5.74, 6) is 0.947. The summed E-state index contributed by atoms with van der Waals surface area (Å²) in [7, 11) is 0. The minimum atomic E-state index is -0.561. The number of alkyl halides is 1. The lowest BCUT2D eigenvalue weighted by atomic mass is 10.0. The van der Waals surface area contributed by atoms with E-state index in [1.165, 1.54) is 0 Å². The maximum Gasteiger partial charge on any atom is 0.263 e. The Hall–Kier alpha value is -1.75. The van der Waals surface area contributed by atoms with E-state index < -0.39 is 11.5 Å². The quantitative estimate of drug-likeness (QED) is 0.753. The fourth-order valence-electron chi connectivity index (χ4n) is 2.96. The SMILES string of the molecule is CC(Cl)C(=O)N1CCN(C(=O)C(C)Oc2ccccc2C(C)C)CC1. The number of ether oxygens (including phenoxy) is 1. The van der Waals surface area contributed by atoms with E-state index in [-0.39, 0.29) is 11.8 Å². The van der Waals surface area contributed by atoms with Gasteiger partial charge in [0.05, 0.1) is 0 Å². The van der Waals surface area contributed by atoms with E-state index in [9.17, 15) is 9.59 Å². The number of halogens is 1. The Labute approximate surface area is 154 Å². The summed E-state index contributed by atoms with van der Waals surface area (Å²) in [6.07, 6.45) is -0.561. The van der Waals surface area contributed by atoms with Crippen LogP contribution in [0, 0.1) is 0 Å². The van der Waals surface area contributed by atoms with E-state index in [2.05, 4.69) is 13.8 Å². The number of hydrogen-bond acceptors (Lipinski definition) is 3. The largest absolute Gasteiger partial charge is 0.481 e. The van der Waals surface area contributed by atoms with Gasteiger partial charge in [0.2, 0.25) is 5.91 Å². The predicted molar refractivity (Wildman–Crippen MR) is 99.1 cm³/mol. The second-order valence-electron chi connectivity index (χ2n) is 6.72. The van der Waals surface area contributed by atoms with Crippen molar-refractivity contribution in [3.8, 4) is 5.75 Å². The van der Waals surface area contributed by atoms with Crippen LogP contribution in [-0.2, 0) is 9.59 Å². The molecule has 1 saturated heterocycles. The number of amides is 2. The number of rotatable bonds is 5. The number of hydrogen-bond donors (Lipinski definition) is 0. The number of nitrogens with zero attached hydrogens (tertiary/aromatic N) is 2. The Morgan fingerprint density at radius 1 is 0.960 bits per heavy atom. The maximum atomic E-state index is 12.7. The molecule has 1 heterocycles. The molecule has 1 aliphatic heterocycles. The van der Waals surface area contributed by atoms with E-state index in [4.69, 9.17) is 16.3 Å². The number of piperazine rings is 1. The molecule has 6 heteroatoms. The zero-order chi connectivity index (χ0) is 18.6. The van der Waals surface area contributed by atoms with E-state index in [1.807, 2.05) is 24.3 Å². The zero-order valence-corrected chi connectivity index (χ0v) is 16.1. The number of carbonyl (C=O) groups is 2. The molecule has 0 aliphatic carbocycles. The summed E-state index contributed by atoms with van der Waals surface area (Å²) in [5.41, 5.74) is 1.09. The summed E-state index contributed by atoms with van der Waals surface area (Å²) in [6, 6.07) is 7.81. The third kappa shape index (κ3) is 4.88. The van der Waals surface area contributed by atoms with E-state index in [0.717, 1.165) is 11.3 Å². The van der Waals surface area contributed by atoms with Crippen LogP contribution in [0.25, 0.3) is 0 Å². The molecule has 138 valence electrons. The van der Waals surface area contributed by atoms with Crippen LogP contribution in [0.1, 0.15) is 39.2 Å². The minimum absolute atomic E-state index is 0.0513. The lowest BCUT2D eigenvalue weighted by Gasteiger charge is -2.36. The van der Waals surface area contributed by atoms with Crippen molar-refractivity contribution in [1.29, 1.82) is 0 Å². The monoisotopic (exact) mass is 366 g/mol. The first-order valence-corrected chi connectivity index (χ1v) is 9.22. The van der Waals surface area contributed by atoms with Gasteiger partial charge in [-0.2, -0.15) is 0 Å². The average Bonchev–Trinajstić information content (AvgIpc) is 2.60. The first kappa shape index (κ1) is 19.6. The average molecular weight is 367 g/mol. The van der Waals surface area contributed by atoms with Crippen molar-refractivity contribution in [3.05, 3.63) is 29.8 Å². The molecular weight excluding hydrogens is 340 g/mol. The van der Waals surface area contributed by atoms with Gasteiger partial charge in [0.15, 0.2) is 6.10 Å². The first-order chi connectivity index (χ1) is 11.8. The zero-order valence-electron chi connectivity index (χ0n) is 15.4. The molecule has 1 aromatic rings. The molecule has 0 aromatic heterocycles. The van der Waals surface area contributed by atoms with Crippen molar-refractivity contribution in [2.45, 2.75) is 45.1 Å². The number of para-hydroxylation sites is 1. The van der Waals surface area contributed by atoms with Crippen LogP contribution in [0.3, 0.4) is 0 Å².